The van der Waals surface area contributed by atoms with Gasteiger partial charge in [-0.1, -0.05) is 6.07 Å². The Morgan fingerprint density at radius 3 is 2.73 bits per heavy atom. The molecular formula is C15H17FN4O2. The second-order valence-electron chi connectivity index (χ2n) is 4.86. The van der Waals surface area contributed by atoms with Crippen LogP contribution in [0.25, 0.3) is 5.69 Å². The van der Waals surface area contributed by atoms with E-state index in [1.54, 1.807) is 26.0 Å². The molecule has 0 saturated heterocycles. The van der Waals surface area contributed by atoms with E-state index < -0.39 is 11.9 Å². The topological polar surface area (TPSA) is 76.0 Å². The molecule has 0 radical (unpaired) electrons. The molecule has 0 spiro atoms. The summed E-state index contributed by atoms with van der Waals surface area (Å²) >= 11 is 0. The largest absolute Gasteiger partial charge is 0.357 e. The van der Waals surface area contributed by atoms with Gasteiger partial charge in [0.25, 0.3) is 5.91 Å². The first kappa shape index (κ1) is 15.7. The Kier molecular flexibility index (Phi) is 4.55. The highest BCUT2D eigenvalue weighted by atomic mass is 19.1. The van der Waals surface area contributed by atoms with Crippen molar-refractivity contribution in [2.45, 2.75) is 19.9 Å². The van der Waals surface area contributed by atoms with Crippen LogP contribution >= 0.6 is 0 Å². The molecule has 6 nitrogen and oxygen atoms in total. The zero-order valence-corrected chi connectivity index (χ0v) is 12.6. The molecule has 1 aromatic heterocycles. The summed E-state index contributed by atoms with van der Waals surface area (Å²) in [6.45, 7) is 3.26. The molecule has 1 aromatic carbocycles. The number of benzene rings is 1. The number of aromatic nitrogens is 2. The monoisotopic (exact) mass is 304 g/mol. The summed E-state index contributed by atoms with van der Waals surface area (Å²) in [6, 6.07) is 5.24. The molecule has 22 heavy (non-hydrogen) atoms. The van der Waals surface area contributed by atoms with Gasteiger partial charge in [0.2, 0.25) is 5.91 Å². The Labute approximate surface area is 127 Å². The van der Waals surface area contributed by atoms with Gasteiger partial charge in [-0.2, -0.15) is 5.10 Å². The van der Waals surface area contributed by atoms with Crippen molar-refractivity contribution in [1.82, 2.24) is 20.4 Å². The highest BCUT2D eigenvalue weighted by Gasteiger charge is 2.19. The number of likely N-dealkylation sites (N-methyl/N-ethyl adjacent to an activating group) is 1. The number of nitrogens with zero attached hydrogens (tertiary/aromatic N) is 2. The molecule has 2 rings (SSSR count). The fourth-order valence-corrected chi connectivity index (χ4v) is 1.99. The lowest BCUT2D eigenvalue weighted by atomic mass is 10.2. The first-order chi connectivity index (χ1) is 10.4. The molecule has 0 aliphatic heterocycles. The van der Waals surface area contributed by atoms with Gasteiger partial charge >= 0.3 is 0 Å². The average Bonchev–Trinajstić information content (AvgIpc) is 2.88. The fourth-order valence-electron chi connectivity index (χ4n) is 1.99. The maximum atomic E-state index is 13.3. The van der Waals surface area contributed by atoms with Gasteiger partial charge in [0.1, 0.15) is 11.9 Å². The SMILES string of the molecule is CNC(=O)[C@@H](C)NC(=O)c1cn(-c2cccc(F)c2)nc1C. The van der Waals surface area contributed by atoms with Crippen LogP contribution in [0.4, 0.5) is 4.39 Å². The minimum absolute atomic E-state index is 0.288. The van der Waals surface area contributed by atoms with Crippen molar-refractivity contribution in [3.63, 3.8) is 0 Å². The Morgan fingerprint density at radius 2 is 2.09 bits per heavy atom. The summed E-state index contributed by atoms with van der Waals surface area (Å²) in [5, 5.41) is 9.25. The maximum absolute atomic E-state index is 13.3. The zero-order valence-electron chi connectivity index (χ0n) is 12.6. The molecule has 116 valence electrons. The van der Waals surface area contributed by atoms with Crippen molar-refractivity contribution in [3.05, 3.63) is 47.5 Å². The van der Waals surface area contributed by atoms with Crippen molar-refractivity contribution in [1.29, 1.82) is 0 Å². The highest BCUT2D eigenvalue weighted by molar-refractivity contribution is 5.98. The van der Waals surface area contributed by atoms with E-state index in [2.05, 4.69) is 15.7 Å². The Balaban J connectivity index is 2.23. The minimum Gasteiger partial charge on any atom is -0.357 e. The molecule has 0 unspecified atom stereocenters. The lowest BCUT2D eigenvalue weighted by Gasteiger charge is -2.11. The van der Waals surface area contributed by atoms with Gasteiger partial charge in [-0.3, -0.25) is 9.59 Å². The molecular weight excluding hydrogens is 287 g/mol. The third-order valence-corrected chi connectivity index (χ3v) is 3.20. The number of carbonyl (C=O) groups is 2. The van der Waals surface area contributed by atoms with Crippen molar-refractivity contribution >= 4 is 11.8 Å². The van der Waals surface area contributed by atoms with Crippen LogP contribution in [-0.4, -0.2) is 34.7 Å². The van der Waals surface area contributed by atoms with Crippen molar-refractivity contribution in [2.75, 3.05) is 7.05 Å². The second kappa shape index (κ2) is 6.38. The summed E-state index contributed by atoms with van der Waals surface area (Å²) in [6.07, 6.45) is 1.51. The number of nitrogens with one attached hydrogen (secondary N) is 2. The van der Waals surface area contributed by atoms with E-state index >= 15 is 0 Å². The molecule has 0 saturated carbocycles. The van der Waals surface area contributed by atoms with Crippen LogP contribution in [0.2, 0.25) is 0 Å². The summed E-state index contributed by atoms with van der Waals surface area (Å²) < 4.78 is 14.7. The Hall–Kier alpha value is -2.70. The summed E-state index contributed by atoms with van der Waals surface area (Å²) in [4.78, 5) is 23.6. The third kappa shape index (κ3) is 3.30. The lowest BCUT2D eigenvalue weighted by molar-refractivity contribution is -0.122. The summed E-state index contributed by atoms with van der Waals surface area (Å²) in [7, 11) is 1.50. The van der Waals surface area contributed by atoms with E-state index in [0.29, 0.717) is 16.9 Å². The smallest absolute Gasteiger partial charge is 0.255 e. The number of hydrogen-bond donors (Lipinski definition) is 2. The number of hydrogen-bond acceptors (Lipinski definition) is 3. The minimum atomic E-state index is -0.658. The molecule has 1 heterocycles. The predicted octanol–water partition coefficient (Wildman–Crippen LogP) is 1.18. The fraction of sp³-hybridized carbons (Fsp3) is 0.267. The van der Waals surface area contributed by atoms with E-state index in [9.17, 15) is 14.0 Å². The molecule has 0 fully saturated rings. The number of rotatable bonds is 4. The molecule has 1 atom stereocenters. The van der Waals surface area contributed by atoms with Gasteiger partial charge in [0.15, 0.2) is 0 Å². The molecule has 2 amide bonds. The van der Waals surface area contributed by atoms with Crippen LogP contribution in [-0.2, 0) is 4.79 Å². The molecule has 0 aliphatic carbocycles. The molecule has 2 aromatic rings. The van der Waals surface area contributed by atoms with Crippen molar-refractivity contribution < 1.29 is 14.0 Å². The Bertz CT molecular complexity index is 711. The van der Waals surface area contributed by atoms with E-state index in [1.165, 1.54) is 30.1 Å². The van der Waals surface area contributed by atoms with Gasteiger partial charge in [-0.15, -0.1) is 0 Å². The van der Waals surface area contributed by atoms with Gasteiger partial charge in [-0.25, -0.2) is 9.07 Å². The standard InChI is InChI=1S/C15H17FN4O2/c1-9-13(15(22)18-10(2)14(21)17-3)8-20(19-9)12-6-4-5-11(16)7-12/h4-8,10H,1-3H3,(H,17,21)(H,18,22)/t10-/m1/s1. The third-order valence-electron chi connectivity index (χ3n) is 3.20. The van der Waals surface area contributed by atoms with Crippen LogP contribution in [0, 0.1) is 12.7 Å². The number of carbonyl (C=O) groups excluding carboxylic acids is 2. The van der Waals surface area contributed by atoms with Crippen LogP contribution in [0.5, 0.6) is 0 Å². The maximum Gasteiger partial charge on any atom is 0.255 e. The van der Waals surface area contributed by atoms with Crippen molar-refractivity contribution in [2.24, 2.45) is 0 Å². The first-order valence-corrected chi connectivity index (χ1v) is 6.77. The van der Waals surface area contributed by atoms with Crippen LogP contribution in [0.1, 0.15) is 23.0 Å². The Morgan fingerprint density at radius 1 is 1.36 bits per heavy atom. The number of halogens is 1. The summed E-state index contributed by atoms with van der Waals surface area (Å²) in [5.74, 6) is -1.08. The predicted molar refractivity (Wildman–Crippen MR) is 79.3 cm³/mol. The molecule has 0 bridgehead atoms. The molecule has 2 N–H and O–H groups in total. The first-order valence-electron chi connectivity index (χ1n) is 6.77. The van der Waals surface area contributed by atoms with Gasteiger partial charge < -0.3 is 10.6 Å². The molecule has 7 heteroatoms. The van der Waals surface area contributed by atoms with Gasteiger partial charge in [-0.05, 0) is 32.0 Å². The number of aryl methyl sites for hydroxylation is 1. The van der Waals surface area contributed by atoms with E-state index in [0.717, 1.165) is 0 Å². The van der Waals surface area contributed by atoms with Gasteiger partial charge in [0.05, 0.1) is 16.9 Å². The lowest BCUT2D eigenvalue weighted by Crippen LogP contribution is -2.43. The van der Waals surface area contributed by atoms with Gasteiger partial charge in [0, 0.05) is 13.2 Å². The van der Waals surface area contributed by atoms with Crippen LogP contribution < -0.4 is 10.6 Å². The van der Waals surface area contributed by atoms with Crippen molar-refractivity contribution in [3.8, 4) is 5.69 Å². The summed E-state index contributed by atoms with van der Waals surface area (Å²) in [5.41, 5.74) is 1.34. The van der Waals surface area contributed by atoms with E-state index in [-0.39, 0.29) is 11.7 Å². The zero-order chi connectivity index (χ0) is 16.3. The second-order valence-corrected chi connectivity index (χ2v) is 4.86. The highest BCUT2D eigenvalue weighted by Crippen LogP contribution is 2.13. The van der Waals surface area contributed by atoms with E-state index in [1.807, 2.05) is 0 Å². The van der Waals surface area contributed by atoms with Crippen LogP contribution in [0.15, 0.2) is 30.5 Å². The number of amides is 2. The average molecular weight is 304 g/mol. The quantitative estimate of drug-likeness (QED) is 0.890. The normalized spacial score (nSPS) is 11.8. The molecule has 0 aliphatic rings. The van der Waals surface area contributed by atoms with E-state index in [4.69, 9.17) is 0 Å². The van der Waals surface area contributed by atoms with Crippen LogP contribution in [0.3, 0.4) is 0 Å².